The van der Waals surface area contributed by atoms with E-state index in [1.165, 1.54) is 24.4 Å². The highest BCUT2D eigenvalue weighted by Gasteiger charge is 2.38. The van der Waals surface area contributed by atoms with Gasteiger partial charge in [0.05, 0.1) is 25.2 Å². The van der Waals surface area contributed by atoms with Crippen LogP contribution in [-0.2, 0) is 16.6 Å². The summed E-state index contributed by atoms with van der Waals surface area (Å²) in [6.07, 6.45) is 3.34. The van der Waals surface area contributed by atoms with Crippen LogP contribution in [0.15, 0.2) is 30.5 Å². The first-order valence-corrected chi connectivity index (χ1v) is 10.4. The molecule has 0 bridgehead atoms. The molecule has 2 aromatic rings. The second kappa shape index (κ2) is 9.22. The lowest BCUT2D eigenvalue weighted by atomic mass is 9.77. The van der Waals surface area contributed by atoms with E-state index in [0.29, 0.717) is 18.5 Å². The summed E-state index contributed by atoms with van der Waals surface area (Å²) in [5, 5.41) is 34.6. The lowest BCUT2D eigenvalue weighted by Gasteiger charge is -2.40. The van der Waals surface area contributed by atoms with Crippen LogP contribution in [0, 0.1) is 5.82 Å². The van der Waals surface area contributed by atoms with Gasteiger partial charge in [-0.2, -0.15) is 0 Å². The highest BCUT2D eigenvalue weighted by Crippen LogP contribution is 2.33. The minimum atomic E-state index is -0.839. The first kappa shape index (κ1) is 23.6. The van der Waals surface area contributed by atoms with Crippen LogP contribution in [0.3, 0.4) is 0 Å². The van der Waals surface area contributed by atoms with Crippen molar-refractivity contribution < 1.29 is 29.3 Å². The molecule has 0 unspecified atom stereocenters. The summed E-state index contributed by atoms with van der Waals surface area (Å²) in [6, 6.07) is 5.21. The Morgan fingerprint density at radius 2 is 1.94 bits per heavy atom. The predicted octanol–water partition coefficient (Wildman–Crippen LogP) is 2.02. The van der Waals surface area contributed by atoms with E-state index in [2.05, 4.69) is 15.6 Å². The number of halogens is 1. The smallest absolute Gasteiger partial charge is 0.270 e. The molecule has 2 amide bonds. The fourth-order valence-corrected chi connectivity index (χ4v) is 3.61. The number of phenols is 1. The van der Waals surface area contributed by atoms with Gasteiger partial charge in [-0.25, -0.2) is 4.39 Å². The van der Waals surface area contributed by atoms with Crippen LogP contribution in [0.25, 0.3) is 0 Å². The van der Waals surface area contributed by atoms with E-state index in [4.69, 9.17) is 0 Å². The zero-order valence-electron chi connectivity index (χ0n) is 18.1. The summed E-state index contributed by atoms with van der Waals surface area (Å²) >= 11 is 0. The van der Waals surface area contributed by atoms with Crippen molar-refractivity contribution in [1.82, 2.24) is 10.3 Å². The number of carbonyl (C=O) groups excluding carboxylic acids is 2. The Morgan fingerprint density at radius 3 is 2.53 bits per heavy atom. The monoisotopic (exact) mass is 445 g/mol. The predicted molar refractivity (Wildman–Crippen MR) is 116 cm³/mol. The summed E-state index contributed by atoms with van der Waals surface area (Å²) in [4.78, 5) is 28.9. The van der Waals surface area contributed by atoms with Gasteiger partial charge in [0.25, 0.3) is 5.91 Å². The number of nitrogens with one attached hydrogen (secondary N) is 2. The molecule has 0 aliphatic heterocycles. The maximum absolute atomic E-state index is 14.5. The van der Waals surface area contributed by atoms with E-state index in [9.17, 15) is 29.3 Å². The van der Waals surface area contributed by atoms with Crippen LogP contribution in [0.1, 0.15) is 54.7 Å². The lowest BCUT2D eigenvalue weighted by molar-refractivity contribution is -0.115. The number of pyridine rings is 1. The largest absolute Gasteiger partial charge is 0.508 e. The average molecular weight is 445 g/mol. The summed E-state index contributed by atoms with van der Waals surface area (Å²) < 4.78 is 14.5. The standard InChI is InChI=1S/C23H28FN3O5/c1-22(2,12-28)16-11-17(24)14(8-19(16)30)9-20(31)26-15-4-7-25-18(10-15)21(32)27-23(13-29)5-3-6-23/h4,7-8,10-11,28-30H,3,5-6,9,12-13H2,1-2H3,(H,27,32)(H,25,26,31). The van der Waals surface area contributed by atoms with Gasteiger partial charge >= 0.3 is 0 Å². The fraction of sp³-hybridized carbons (Fsp3) is 0.435. The molecule has 8 nitrogen and oxygen atoms in total. The first-order valence-electron chi connectivity index (χ1n) is 10.4. The quantitative estimate of drug-likeness (QED) is 0.422. The molecule has 172 valence electrons. The Balaban J connectivity index is 1.68. The van der Waals surface area contributed by atoms with Crippen molar-refractivity contribution in [2.75, 3.05) is 18.5 Å². The van der Waals surface area contributed by atoms with Gasteiger partial charge in [-0.15, -0.1) is 0 Å². The van der Waals surface area contributed by atoms with Crippen LogP contribution in [0.2, 0.25) is 0 Å². The third-order valence-electron chi connectivity index (χ3n) is 5.91. The molecule has 1 aromatic carbocycles. The number of hydrogen-bond donors (Lipinski definition) is 5. The average Bonchev–Trinajstić information content (AvgIpc) is 2.73. The number of aromatic nitrogens is 1. The fourth-order valence-electron chi connectivity index (χ4n) is 3.61. The number of benzene rings is 1. The molecular formula is C23H28FN3O5. The van der Waals surface area contributed by atoms with Crippen LogP contribution in [0.4, 0.5) is 10.1 Å². The van der Waals surface area contributed by atoms with Gasteiger partial charge in [0, 0.05) is 28.4 Å². The molecule has 0 atom stereocenters. The van der Waals surface area contributed by atoms with Crippen molar-refractivity contribution in [1.29, 1.82) is 0 Å². The number of carbonyl (C=O) groups is 2. The maximum Gasteiger partial charge on any atom is 0.270 e. The third-order valence-corrected chi connectivity index (χ3v) is 5.91. The van der Waals surface area contributed by atoms with Crippen molar-refractivity contribution in [2.24, 2.45) is 0 Å². The molecule has 0 spiro atoms. The molecular weight excluding hydrogens is 417 g/mol. The zero-order chi connectivity index (χ0) is 23.5. The Hall–Kier alpha value is -3.04. The topological polar surface area (TPSA) is 132 Å². The molecule has 1 saturated carbocycles. The second-order valence-corrected chi connectivity index (χ2v) is 8.90. The van der Waals surface area contributed by atoms with Crippen LogP contribution >= 0.6 is 0 Å². The Labute approximate surface area is 185 Å². The number of amides is 2. The minimum absolute atomic E-state index is 0.000571. The third kappa shape index (κ3) is 5.05. The minimum Gasteiger partial charge on any atom is -0.508 e. The van der Waals surface area contributed by atoms with Crippen LogP contribution in [0.5, 0.6) is 5.75 Å². The van der Waals surface area contributed by atoms with Crippen molar-refractivity contribution >= 4 is 17.5 Å². The van der Waals surface area contributed by atoms with Crippen LogP contribution < -0.4 is 10.6 Å². The lowest BCUT2D eigenvalue weighted by Crippen LogP contribution is -2.56. The number of phenolic OH excluding ortho intramolecular Hbond substituents is 1. The van der Waals surface area contributed by atoms with Crippen molar-refractivity contribution in [2.45, 2.75) is 50.5 Å². The summed E-state index contributed by atoms with van der Waals surface area (Å²) in [5.41, 5.74) is -0.813. The molecule has 1 fully saturated rings. The Morgan fingerprint density at radius 1 is 1.22 bits per heavy atom. The van der Waals surface area contributed by atoms with Gasteiger partial charge < -0.3 is 26.0 Å². The van der Waals surface area contributed by atoms with E-state index in [1.807, 2.05) is 0 Å². The zero-order valence-corrected chi connectivity index (χ0v) is 18.1. The number of aromatic hydroxyl groups is 1. The van der Waals surface area contributed by atoms with Gasteiger partial charge in [0.15, 0.2) is 0 Å². The highest BCUT2D eigenvalue weighted by molar-refractivity contribution is 5.96. The molecule has 0 saturated heterocycles. The van der Waals surface area contributed by atoms with E-state index >= 15 is 0 Å². The number of anilines is 1. The van der Waals surface area contributed by atoms with E-state index < -0.39 is 28.6 Å². The molecule has 1 aliphatic rings. The summed E-state index contributed by atoms with van der Waals surface area (Å²) in [5.74, 6) is -1.86. The Kier molecular flexibility index (Phi) is 6.80. The molecule has 5 N–H and O–H groups in total. The molecule has 3 rings (SSSR count). The number of hydrogen-bond acceptors (Lipinski definition) is 6. The SMILES string of the molecule is CC(C)(CO)c1cc(F)c(CC(=O)Nc2ccnc(C(=O)NC3(CO)CCC3)c2)cc1O. The van der Waals surface area contributed by atoms with Crippen molar-refractivity contribution in [3.05, 3.63) is 53.1 Å². The van der Waals surface area contributed by atoms with Crippen LogP contribution in [-0.4, -0.2) is 50.9 Å². The van der Waals surface area contributed by atoms with Crippen molar-refractivity contribution in [3.63, 3.8) is 0 Å². The highest BCUT2D eigenvalue weighted by atomic mass is 19.1. The number of rotatable bonds is 8. The Bertz CT molecular complexity index is 1020. The molecule has 9 heteroatoms. The molecule has 1 heterocycles. The first-order chi connectivity index (χ1) is 15.1. The molecule has 32 heavy (non-hydrogen) atoms. The van der Waals surface area contributed by atoms with Gasteiger partial charge in [-0.05, 0) is 43.5 Å². The van der Waals surface area contributed by atoms with Gasteiger partial charge in [-0.3, -0.25) is 14.6 Å². The molecule has 0 radical (unpaired) electrons. The number of nitrogens with zero attached hydrogens (tertiary/aromatic N) is 1. The number of aliphatic hydroxyl groups is 2. The molecule has 1 aromatic heterocycles. The summed E-state index contributed by atoms with van der Waals surface area (Å²) in [6.45, 7) is 2.90. The van der Waals surface area contributed by atoms with Crippen molar-refractivity contribution in [3.8, 4) is 5.75 Å². The van der Waals surface area contributed by atoms with Gasteiger partial charge in [0.2, 0.25) is 5.91 Å². The van der Waals surface area contributed by atoms with Gasteiger partial charge in [0.1, 0.15) is 17.3 Å². The summed E-state index contributed by atoms with van der Waals surface area (Å²) in [7, 11) is 0. The maximum atomic E-state index is 14.5. The van der Waals surface area contributed by atoms with E-state index in [1.54, 1.807) is 13.8 Å². The van der Waals surface area contributed by atoms with E-state index in [-0.39, 0.29) is 42.2 Å². The van der Waals surface area contributed by atoms with E-state index in [0.717, 1.165) is 12.5 Å². The number of aliphatic hydroxyl groups excluding tert-OH is 2. The molecule has 1 aliphatic carbocycles. The van der Waals surface area contributed by atoms with Gasteiger partial charge in [-0.1, -0.05) is 13.8 Å². The second-order valence-electron chi connectivity index (χ2n) is 8.90. The normalized spacial score (nSPS) is 15.0.